The van der Waals surface area contributed by atoms with Gasteiger partial charge in [-0.05, 0) is 25.5 Å². The summed E-state index contributed by atoms with van der Waals surface area (Å²) >= 11 is 6.05. The Balaban J connectivity index is 2.15. The molecule has 0 spiro atoms. The van der Waals surface area contributed by atoms with Gasteiger partial charge >= 0.3 is 0 Å². The van der Waals surface area contributed by atoms with Crippen LogP contribution in [0.2, 0.25) is 5.02 Å². The number of nitrogens with one attached hydrogen (secondary N) is 1. The van der Waals surface area contributed by atoms with Crippen LogP contribution in [0.15, 0.2) is 24.3 Å². The maximum Gasteiger partial charge on any atom is 0.271 e. The molecule has 0 unspecified atom stereocenters. The van der Waals surface area contributed by atoms with E-state index < -0.39 is 0 Å². The molecule has 0 radical (unpaired) electrons. The zero-order valence-electron chi connectivity index (χ0n) is 11.5. The van der Waals surface area contributed by atoms with Crippen LogP contribution in [0.1, 0.15) is 28.7 Å². The largest absolute Gasteiger partial charge is 0.395 e. The van der Waals surface area contributed by atoms with E-state index in [2.05, 4.69) is 10.4 Å². The number of rotatable bonds is 4. The molecule has 106 valence electrons. The van der Waals surface area contributed by atoms with E-state index in [1.807, 2.05) is 25.1 Å². The van der Waals surface area contributed by atoms with Crippen LogP contribution in [0, 0.1) is 6.92 Å². The highest BCUT2D eigenvalue weighted by molar-refractivity contribution is 6.31. The van der Waals surface area contributed by atoms with E-state index in [1.165, 1.54) is 0 Å². The number of hydrogen-bond acceptors (Lipinski definition) is 3. The molecular weight excluding hydrogens is 276 g/mol. The minimum atomic E-state index is -0.245. The number of nitrogens with two attached hydrogens (primary N) is 1. The molecule has 0 bridgehead atoms. The van der Waals surface area contributed by atoms with Gasteiger partial charge in [0.05, 0.1) is 11.4 Å². The quantitative estimate of drug-likeness (QED) is 0.908. The Hall–Kier alpha value is -2.01. The van der Waals surface area contributed by atoms with Crippen molar-refractivity contribution in [3.05, 3.63) is 46.2 Å². The Morgan fingerprint density at radius 2 is 2.15 bits per heavy atom. The zero-order valence-corrected chi connectivity index (χ0v) is 12.2. The van der Waals surface area contributed by atoms with Crippen molar-refractivity contribution < 1.29 is 4.79 Å². The number of nitrogen functional groups attached to an aromatic ring is 1. The predicted molar refractivity (Wildman–Crippen MR) is 79.7 cm³/mol. The number of anilines is 1. The lowest BCUT2D eigenvalue weighted by Crippen LogP contribution is -2.26. The topological polar surface area (TPSA) is 72.9 Å². The normalized spacial score (nSPS) is 10.6. The molecule has 1 heterocycles. The molecular formula is C14H17ClN4O. The first-order chi connectivity index (χ1) is 9.54. The van der Waals surface area contributed by atoms with E-state index in [0.29, 0.717) is 35.2 Å². The Kier molecular flexibility index (Phi) is 4.29. The number of nitrogens with zero attached hydrogens (tertiary/aromatic N) is 2. The molecule has 20 heavy (non-hydrogen) atoms. The fourth-order valence-corrected chi connectivity index (χ4v) is 2.17. The van der Waals surface area contributed by atoms with E-state index in [9.17, 15) is 4.79 Å². The maximum atomic E-state index is 12.2. The summed E-state index contributed by atoms with van der Waals surface area (Å²) in [5.41, 5.74) is 8.25. The zero-order chi connectivity index (χ0) is 14.7. The van der Waals surface area contributed by atoms with E-state index in [4.69, 9.17) is 17.3 Å². The minimum absolute atomic E-state index is 0.245. The first-order valence-corrected chi connectivity index (χ1v) is 6.76. The molecule has 6 heteroatoms. The van der Waals surface area contributed by atoms with Gasteiger partial charge in [0, 0.05) is 18.1 Å². The molecule has 2 aromatic rings. The predicted octanol–water partition coefficient (Wildman–Crippen LogP) is 2.38. The minimum Gasteiger partial charge on any atom is -0.395 e. The van der Waals surface area contributed by atoms with Crippen molar-refractivity contribution in [2.75, 3.05) is 5.73 Å². The molecule has 0 atom stereocenters. The molecule has 2 rings (SSSR count). The van der Waals surface area contributed by atoms with E-state index in [0.717, 1.165) is 5.56 Å². The average Bonchev–Trinajstić information content (AvgIpc) is 2.73. The Morgan fingerprint density at radius 3 is 2.80 bits per heavy atom. The number of aryl methyl sites for hydroxylation is 2. The van der Waals surface area contributed by atoms with Crippen LogP contribution in [0.5, 0.6) is 0 Å². The summed E-state index contributed by atoms with van der Waals surface area (Å²) in [5.74, 6) is -0.245. The van der Waals surface area contributed by atoms with Crippen LogP contribution in [-0.4, -0.2) is 15.7 Å². The third kappa shape index (κ3) is 2.77. The lowest BCUT2D eigenvalue weighted by molar-refractivity contribution is 0.0941. The Morgan fingerprint density at radius 1 is 1.45 bits per heavy atom. The van der Waals surface area contributed by atoms with Gasteiger partial charge in [-0.25, -0.2) is 0 Å². The molecule has 0 saturated carbocycles. The summed E-state index contributed by atoms with van der Waals surface area (Å²) in [6, 6.07) is 7.38. The second kappa shape index (κ2) is 5.96. The van der Waals surface area contributed by atoms with Gasteiger partial charge in [-0.1, -0.05) is 29.8 Å². The molecule has 0 fully saturated rings. The van der Waals surface area contributed by atoms with Gasteiger partial charge in [-0.2, -0.15) is 5.10 Å². The molecule has 1 aromatic carbocycles. The van der Waals surface area contributed by atoms with Gasteiger partial charge < -0.3 is 11.1 Å². The van der Waals surface area contributed by atoms with Crippen molar-refractivity contribution in [1.29, 1.82) is 0 Å². The van der Waals surface area contributed by atoms with Crippen molar-refractivity contribution in [1.82, 2.24) is 15.1 Å². The van der Waals surface area contributed by atoms with Gasteiger partial charge in [0.2, 0.25) is 0 Å². The van der Waals surface area contributed by atoms with Gasteiger partial charge in [0.25, 0.3) is 5.91 Å². The highest BCUT2D eigenvalue weighted by Gasteiger charge is 2.18. The SMILES string of the molecule is CCn1nc(C)c(N)c1C(=O)NCc1ccccc1Cl. The lowest BCUT2D eigenvalue weighted by atomic mass is 10.2. The third-order valence-electron chi connectivity index (χ3n) is 3.09. The fourth-order valence-electron chi connectivity index (χ4n) is 1.96. The number of halogens is 1. The van der Waals surface area contributed by atoms with Gasteiger partial charge in [-0.3, -0.25) is 9.48 Å². The summed E-state index contributed by atoms with van der Waals surface area (Å²) in [6.07, 6.45) is 0. The number of benzene rings is 1. The molecule has 0 saturated heterocycles. The molecule has 0 aliphatic carbocycles. The van der Waals surface area contributed by atoms with Crippen LogP contribution in [-0.2, 0) is 13.1 Å². The maximum absolute atomic E-state index is 12.2. The first kappa shape index (κ1) is 14.4. The molecule has 0 aliphatic heterocycles. The number of amides is 1. The number of carbonyl (C=O) groups excluding carboxylic acids is 1. The summed E-state index contributed by atoms with van der Waals surface area (Å²) < 4.78 is 1.60. The monoisotopic (exact) mass is 292 g/mol. The third-order valence-corrected chi connectivity index (χ3v) is 3.45. The van der Waals surface area contributed by atoms with E-state index in [1.54, 1.807) is 17.7 Å². The Labute approximate surface area is 122 Å². The molecule has 1 aromatic heterocycles. The second-order valence-electron chi connectivity index (χ2n) is 4.44. The van der Waals surface area contributed by atoms with Crippen molar-refractivity contribution >= 4 is 23.2 Å². The van der Waals surface area contributed by atoms with Crippen LogP contribution >= 0.6 is 11.6 Å². The lowest BCUT2D eigenvalue weighted by Gasteiger charge is -2.08. The van der Waals surface area contributed by atoms with Crippen LogP contribution in [0.3, 0.4) is 0 Å². The van der Waals surface area contributed by atoms with E-state index in [-0.39, 0.29) is 5.91 Å². The molecule has 0 aliphatic rings. The summed E-state index contributed by atoms with van der Waals surface area (Å²) in [4.78, 5) is 12.2. The number of hydrogen-bond donors (Lipinski definition) is 2. The number of carbonyl (C=O) groups is 1. The molecule has 5 nitrogen and oxygen atoms in total. The van der Waals surface area contributed by atoms with Crippen molar-refractivity contribution in [3.63, 3.8) is 0 Å². The van der Waals surface area contributed by atoms with Gasteiger partial charge in [0.15, 0.2) is 0 Å². The molecule has 3 N–H and O–H groups in total. The first-order valence-electron chi connectivity index (χ1n) is 6.39. The molecule has 1 amide bonds. The van der Waals surface area contributed by atoms with Gasteiger partial charge in [0.1, 0.15) is 5.69 Å². The van der Waals surface area contributed by atoms with Crippen molar-refractivity contribution in [3.8, 4) is 0 Å². The highest BCUT2D eigenvalue weighted by Crippen LogP contribution is 2.18. The second-order valence-corrected chi connectivity index (χ2v) is 4.84. The van der Waals surface area contributed by atoms with Gasteiger partial charge in [-0.15, -0.1) is 0 Å². The van der Waals surface area contributed by atoms with E-state index >= 15 is 0 Å². The smallest absolute Gasteiger partial charge is 0.271 e. The standard InChI is InChI=1S/C14H17ClN4O/c1-3-19-13(12(16)9(2)18-19)14(20)17-8-10-6-4-5-7-11(10)15/h4-7H,3,8,16H2,1-2H3,(H,17,20). The summed E-state index contributed by atoms with van der Waals surface area (Å²) in [6.45, 7) is 4.64. The van der Waals surface area contributed by atoms with Crippen molar-refractivity contribution in [2.24, 2.45) is 0 Å². The summed E-state index contributed by atoms with van der Waals surface area (Å²) in [7, 11) is 0. The number of aromatic nitrogens is 2. The van der Waals surface area contributed by atoms with Crippen LogP contribution < -0.4 is 11.1 Å². The van der Waals surface area contributed by atoms with Crippen LogP contribution in [0.4, 0.5) is 5.69 Å². The Bertz CT molecular complexity index is 636. The average molecular weight is 293 g/mol. The highest BCUT2D eigenvalue weighted by atomic mass is 35.5. The summed E-state index contributed by atoms with van der Waals surface area (Å²) in [5, 5.41) is 7.67. The van der Waals surface area contributed by atoms with Crippen LogP contribution in [0.25, 0.3) is 0 Å². The fraction of sp³-hybridized carbons (Fsp3) is 0.286. The van der Waals surface area contributed by atoms with Crippen molar-refractivity contribution in [2.45, 2.75) is 26.9 Å².